The lowest BCUT2D eigenvalue weighted by molar-refractivity contribution is -0.136. The Morgan fingerprint density at radius 2 is 0.944 bits per heavy atom. The van der Waals surface area contributed by atoms with Crippen molar-refractivity contribution < 1.29 is 48.3 Å². The summed E-state index contributed by atoms with van der Waals surface area (Å²) in [7, 11) is 0. The molecule has 0 spiro atoms. The normalized spacial score (nSPS) is 23.6. The van der Waals surface area contributed by atoms with E-state index in [0.29, 0.717) is 6.42 Å². The van der Waals surface area contributed by atoms with Crippen LogP contribution in [0.25, 0.3) is 0 Å². The van der Waals surface area contributed by atoms with Crippen molar-refractivity contribution in [3.05, 3.63) is 0 Å². The van der Waals surface area contributed by atoms with Gasteiger partial charge in [0.05, 0.1) is 12.5 Å². The highest BCUT2D eigenvalue weighted by Gasteiger charge is 2.35. The van der Waals surface area contributed by atoms with Gasteiger partial charge in [0.1, 0.15) is 48.3 Å². The molecule has 23 nitrogen and oxygen atoms in total. The van der Waals surface area contributed by atoms with E-state index >= 15 is 0 Å². The molecule has 0 saturated carbocycles. The van der Waals surface area contributed by atoms with Crippen molar-refractivity contribution in [3.63, 3.8) is 0 Å². The van der Waals surface area contributed by atoms with E-state index in [4.69, 9.17) is 22.9 Å². The van der Waals surface area contributed by atoms with Crippen LogP contribution in [0.1, 0.15) is 145 Å². The van der Waals surface area contributed by atoms with Gasteiger partial charge in [-0.25, -0.2) is 0 Å². The SMILES string of the molecule is CCCCCCC[C@@H](O)CC(=O)N[C@H](CCN)C(=O)N[C@H]1CCNC(=O)[C@H](CC(C)C)NC(=O)[C@H](CCN)NC(=O)[C@H](CCN)NC(=O)[C@H](CC(C)C)NC(=O)[C@@H](CC(C)C)NC(=O)[C@H](CCN)NC1=O. The van der Waals surface area contributed by atoms with E-state index in [9.17, 15) is 48.3 Å². The largest absolute Gasteiger partial charge is 0.393 e. The summed E-state index contributed by atoms with van der Waals surface area (Å²) in [6.45, 7) is 12.6. The van der Waals surface area contributed by atoms with Gasteiger partial charge in [-0.1, -0.05) is 80.6 Å². The lowest BCUT2D eigenvalue weighted by atomic mass is 9.99. The van der Waals surface area contributed by atoms with Gasteiger partial charge in [-0.2, -0.15) is 0 Å². The Morgan fingerprint density at radius 1 is 0.549 bits per heavy atom. The molecule has 1 aliphatic rings. The highest BCUT2D eigenvalue weighted by molar-refractivity contribution is 5.98. The van der Waals surface area contributed by atoms with Gasteiger partial charge >= 0.3 is 0 Å². The summed E-state index contributed by atoms with van der Waals surface area (Å²) in [6.07, 6.45) is 3.89. The Hall–Kier alpha value is -4.97. The number of carbonyl (C=O) groups is 9. The number of hydrogen-bond acceptors (Lipinski definition) is 14. The molecule has 0 bridgehead atoms. The molecular formula is C48H91N13O10. The number of nitrogens with one attached hydrogen (secondary N) is 9. The molecule has 1 heterocycles. The van der Waals surface area contributed by atoms with E-state index in [0.717, 1.165) is 32.1 Å². The number of rotatable bonds is 25. The zero-order valence-corrected chi connectivity index (χ0v) is 43.5. The third-order valence-corrected chi connectivity index (χ3v) is 11.8. The van der Waals surface area contributed by atoms with Gasteiger partial charge < -0.3 is 75.9 Å². The van der Waals surface area contributed by atoms with Crippen molar-refractivity contribution in [2.75, 3.05) is 32.7 Å². The molecule has 0 unspecified atom stereocenters. The minimum absolute atomic E-state index is 0.0350. The molecule has 18 N–H and O–H groups in total. The number of aliphatic hydroxyl groups is 1. The molecule has 23 heteroatoms. The topological polar surface area (TPSA) is 386 Å². The monoisotopic (exact) mass is 1010 g/mol. The number of nitrogens with two attached hydrogens (primary N) is 4. The van der Waals surface area contributed by atoms with Crippen molar-refractivity contribution in [1.29, 1.82) is 0 Å². The van der Waals surface area contributed by atoms with Crippen molar-refractivity contribution in [2.45, 2.75) is 199 Å². The first kappa shape index (κ1) is 64.0. The molecule has 0 aromatic rings. The predicted molar refractivity (Wildman–Crippen MR) is 270 cm³/mol. The quantitative estimate of drug-likeness (QED) is 0.0442. The highest BCUT2D eigenvalue weighted by Crippen LogP contribution is 2.13. The van der Waals surface area contributed by atoms with Crippen LogP contribution < -0.4 is 70.8 Å². The smallest absolute Gasteiger partial charge is 0.243 e. The van der Waals surface area contributed by atoms with Gasteiger partial charge in [-0.05, 0) is 102 Å². The van der Waals surface area contributed by atoms with Gasteiger partial charge in [-0.3, -0.25) is 43.2 Å². The van der Waals surface area contributed by atoms with Crippen LogP contribution in [-0.2, 0) is 43.2 Å². The zero-order chi connectivity index (χ0) is 53.6. The summed E-state index contributed by atoms with van der Waals surface area (Å²) < 4.78 is 0. The van der Waals surface area contributed by atoms with Crippen molar-refractivity contribution in [1.82, 2.24) is 47.9 Å². The Labute approximate surface area is 420 Å². The van der Waals surface area contributed by atoms with Gasteiger partial charge in [0.25, 0.3) is 0 Å². The maximum absolute atomic E-state index is 14.3. The van der Waals surface area contributed by atoms with Gasteiger partial charge in [0.2, 0.25) is 53.2 Å². The summed E-state index contributed by atoms with van der Waals surface area (Å²) in [5.74, 6) is -7.04. The molecule has 408 valence electrons. The second kappa shape index (κ2) is 35.2. The van der Waals surface area contributed by atoms with Gasteiger partial charge in [-0.15, -0.1) is 0 Å². The Bertz CT molecular complexity index is 1690. The fraction of sp³-hybridized carbons (Fsp3) is 0.812. The number of carbonyl (C=O) groups excluding carboxylic acids is 9. The molecule has 9 amide bonds. The number of aliphatic hydroxyl groups excluding tert-OH is 1. The lowest BCUT2D eigenvalue weighted by Gasteiger charge is -2.29. The first-order chi connectivity index (χ1) is 33.6. The average Bonchev–Trinajstić information content (AvgIpc) is 3.28. The van der Waals surface area contributed by atoms with Crippen LogP contribution in [0.5, 0.6) is 0 Å². The maximum atomic E-state index is 14.3. The van der Waals surface area contributed by atoms with Crippen LogP contribution in [-0.4, -0.2) is 145 Å². The van der Waals surface area contributed by atoms with Crippen molar-refractivity contribution in [2.24, 2.45) is 40.7 Å². The minimum atomic E-state index is -1.45. The average molecular weight is 1010 g/mol. The van der Waals surface area contributed by atoms with Crippen LogP contribution in [0.15, 0.2) is 0 Å². The molecule has 1 aliphatic heterocycles. The third kappa shape index (κ3) is 25.8. The first-order valence-corrected chi connectivity index (χ1v) is 25.8. The molecule has 1 saturated heterocycles. The van der Waals surface area contributed by atoms with E-state index in [-0.39, 0.29) is 108 Å². The molecule has 71 heavy (non-hydrogen) atoms. The maximum Gasteiger partial charge on any atom is 0.243 e. The molecule has 0 radical (unpaired) electrons. The van der Waals surface area contributed by atoms with Crippen molar-refractivity contribution in [3.8, 4) is 0 Å². The van der Waals surface area contributed by atoms with Crippen molar-refractivity contribution >= 4 is 53.2 Å². The minimum Gasteiger partial charge on any atom is -0.393 e. The number of amides is 9. The van der Waals surface area contributed by atoms with Crippen LogP contribution in [0.2, 0.25) is 0 Å². The molecule has 1 fully saturated rings. The van der Waals surface area contributed by atoms with Crippen LogP contribution >= 0.6 is 0 Å². The second-order valence-corrected chi connectivity index (χ2v) is 19.9. The van der Waals surface area contributed by atoms with E-state index in [2.05, 4.69) is 54.8 Å². The Balaban J connectivity index is 3.80. The lowest BCUT2D eigenvalue weighted by Crippen LogP contribution is -2.60. The molecule has 0 aromatic carbocycles. The summed E-state index contributed by atoms with van der Waals surface area (Å²) in [5, 5.41) is 34.6. The number of unbranched alkanes of at least 4 members (excludes halogenated alkanes) is 4. The van der Waals surface area contributed by atoms with E-state index in [1.165, 1.54) is 0 Å². The Kier molecular flexibility index (Phi) is 31.8. The summed E-state index contributed by atoms with van der Waals surface area (Å²) in [6, 6.07) is -10.1. The van der Waals surface area contributed by atoms with Crippen LogP contribution in [0, 0.1) is 17.8 Å². The summed E-state index contributed by atoms with van der Waals surface area (Å²) >= 11 is 0. The third-order valence-electron chi connectivity index (χ3n) is 11.8. The van der Waals surface area contributed by atoms with Crippen LogP contribution in [0.4, 0.5) is 0 Å². The summed E-state index contributed by atoms with van der Waals surface area (Å²) in [5.41, 5.74) is 23.5. The molecule has 1 rings (SSSR count). The Morgan fingerprint density at radius 3 is 1.35 bits per heavy atom. The molecule has 0 aromatic heterocycles. The fourth-order valence-corrected chi connectivity index (χ4v) is 8.04. The summed E-state index contributed by atoms with van der Waals surface area (Å²) in [4.78, 5) is 125. The fourth-order valence-electron chi connectivity index (χ4n) is 8.04. The highest BCUT2D eigenvalue weighted by atomic mass is 16.3. The van der Waals surface area contributed by atoms with Gasteiger partial charge in [0.15, 0.2) is 0 Å². The molecular weight excluding hydrogens is 919 g/mol. The second-order valence-electron chi connectivity index (χ2n) is 19.9. The standard InChI is InChI=1S/C48H91N13O10/c1-8-9-10-11-12-13-31(62)27-40(63)54-32(14-19-49)42(65)58-36-18-23-53-41(64)37(24-28(2)3)59-44(67)34(16-21-51)55-43(66)33(15-20-50)57-47(70)38(25-29(4)5)61-48(71)39(26-30(6)7)60-45(68)35(17-22-52)56-46(36)69/h28-39,62H,8-27,49-52H2,1-7H3,(H,53,64)(H,54,63)(H,55,66)(H,56,69)(H,57,70)(H,58,65)(H,59,67)(H,60,68)(H,61,71)/t31-,32-,33+,34+,35+,36+,37+,38+,39-/m1/s1. The molecule has 0 aliphatic carbocycles. The zero-order valence-electron chi connectivity index (χ0n) is 43.5. The van der Waals surface area contributed by atoms with E-state index in [1.54, 1.807) is 0 Å². The van der Waals surface area contributed by atoms with E-state index in [1.807, 2.05) is 41.5 Å². The van der Waals surface area contributed by atoms with Gasteiger partial charge in [0, 0.05) is 6.54 Å². The van der Waals surface area contributed by atoms with E-state index < -0.39 is 108 Å². The predicted octanol–water partition coefficient (Wildman–Crippen LogP) is -1.97. The van der Waals surface area contributed by atoms with Crippen LogP contribution in [0.3, 0.4) is 0 Å². The first-order valence-electron chi connectivity index (χ1n) is 25.8. The molecule has 9 atom stereocenters. The number of hydrogen-bond donors (Lipinski definition) is 14.